The molecule has 0 unspecified atom stereocenters. The van der Waals surface area contributed by atoms with Gasteiger partial charge in [0.05, 0.1) is 21.3 Å². The number of ether oxygens (including phenoxy) is 1. The highest BCUT2D eigenvalue weighted by atomic mass is 127. The molecule has 180 valence electrons. The fraction of sp³-hybridized carbons (Fsp3) is 0.0833. The minimum Gasteiger partial charge on any atom is -0.493 e. The van der Waals surface area contributed by atoms with Crippen molar-refractivity contribution in [2.24, 2.45) is 4.99 Å². The predicted molar refractivity (Wildman–Crippen MR) is 155 cm³/mol. The largest absolute Gasteiger partial charge is 0.493 e. The Balaban J connectivity index is 1.61. The van der Waals surface area contributed by atoms with Crippen molar-refractivity contribution in [3.63, 3.8) is 0 Å². The third kappa shape index (κ3) is 6.19. The predicted octanol–water partition coefficient (Wildman–Crippen LogP) is 5.87. The number of amidine groups is 1. The Morgan fingerprint density at radius 3 is 2.43 bits per heavy atom. The van der Waals surface area contributed by atoms with Crippen LogP contribution in [-0.4, -0.2) is 26.6 Å². The number of aryl methyl sites for hydroxylation is 1. The molecule has 3 aromatic carbocycles. The maximum absolute atomic E-state index is 12.8. The number of carbonyl (C=O) groups is 1. The first kappa shape index (κ1) is 26.0. The Morgan fingerprint density at radius 2 is 1.74 bits per heavy atom. The number of nitrogens with one attached hydrogen (secondary N) is 1. The number of aliphatic imine (C=N–C) groups is 1. The molecule has 0 atom stereocenters. The minimum absolute atomic E-state index is 0.0473. The second-order valence-corrected chi connectivity index (χ2v) is 12.2. The molecule has 0 saturated carbocycles. The lowest BCUT2D eigenvalue weighted by molar-refractivity contribution is -0.115. The zero-order valence-electron chi connectivity index (χ0n) is 18.4. The summed E-state index contributed by atoms with van der Waals surface area (Å²) >= 11 is 5.40. The van der Waals surface area contributed by atoms with E-state index < -0.39 is 10.1 Å². The molecule has 1 fully saturated rings. The van der Waals surface area contributed by atoms with Gasteiger partial charge in [-0.15, -0.1) is 0 Å². The Hall–Kier alpha value is -2.10. The Labute approximate surface area is 234 Å². The number of rotatable bonds is 6. The molecular formula is C24H18I2N2O5S2. The fourth-order valence-electron chi connectivity index (χ4n) is 3.05. The molecule has 3 aromatic rings. The molecule has 0 radical (unpaired) electrons. The van der Waals surface area contributed by atoms with E-state index in [0.717, 1.165) is 14.8 Å². The van der Waals surface area contributed by atoms with E-state index in [1.165, 1.54) is 31.0 Å². The average Bonchev–Trinajstić information content (AvgIpc) is 3.15. The van der Waals surface area contributed by atoms with Crippen LogP contribution < -0.4 is 14.2 Å². The van der Waals surface area contributed by atoms with Gasteiger partial charge in [-0.05, 0) is 112 Å². The van der Waals surface area contributed by atoms with Crippen LogP contribution in [0, 0.1) is 14.1 Å². The number of benzene rings is 3. The van der Waals surface area contributed by atoms with Crippen molar-refractivity contribution >= 4 is 89.9 Å². The first-order valence-corrected chi connectivity index (χ1v) is 14.5. The molecular weight excluding hydrogens is 714 g/mol. The number of carbonyl (C=O) groups excluding carboxylic acids is 1. The van der Waals surface area contributed by atoms with Crippen LogP contribution in [0.1, 0.15) is 11.1 Å². The number of methoxy groups -OCH3 is 1. The zero-order chi connectivity index (χ0) is 25.2. The van der Waals surface area contributed by atoms with Gasteiger partial charge in [-0.25, -0.2) is 4.99 Å². The zero-order valence-corrected chi connectivity index (χ0v) is 24.4. The van der Waals surface area contributed by atoms with E-state index in [0.29, 0.717) is 19.2 Å². The maximum Gasteiger partial charge on any atom is 0.339 e. The van der Waals surface area contributed by atoms with Crippen LogP contribution in [-0.2, 0) is 14.9 Å². The number of thioether (sulfide) groups is 1. The molecule has 0 aliphatic carbocycles. The van der Waals surface area contributed by atoms with Gasteiger partial charge in [0, 0.05) is 3.57 Å². The lowest BCUT2D eigenvalue weighted by atomic mass is 10.2. The SMILES string of the molecule is COc1cc(/C=C2/SC(=Nc3ccccc3I)NC2=O)cc(I)c1OS(=O)(=O)c1ccc(C)cc1. The molecule has 1 saturated heterocycles. The van der Waals surface area contributed by atoms with Crippen LogP contribution in [0.4, 0.5) is 5.69 Å². The van der Waals surface area contributed by atoms with E-state index in [1.807, 2.05) is 53.8 Å². The highest BCUT2D eigenvalue weighted by Crippen LogP contribution is 2.38. The summed E-state index contributed by atoms with van der Waals surface area (Å²) in [7, 11) is -2.63. The Kier molecular flexibility index (Phi) is 8.08. The summed E-state index contributed by atoms with van der Waals surface area (Å²) in [6.45, 7) is 1.87. The maximum atomic E-state index is 12.8. The van der Waals surface area contributed by atoms with Crippen LogP contribution in [0.5, 0.6) is 11.5 Å². The molecule has 11 heteroatoms. The van der Waals surface area contributed by atoms with E-state index in [1.54, 1.807) is 30.3 Å². The molecule has 4 rings (SSSR count). The summed E-state index contributed by atoms with van der Waals surface area (Å²) in [5.74, 6) is 0.0479. The second-order valence-electron chi connectivity index (χ2n) is 7.32. The van der Waals surface area contributed by atoms with Crippen LogP contribution in [0.15, 0.2) is 75.5 Å². The van der Waals surface area contributed by atoms with Gasteiger partial charge < -0.3 is 14.2 Å². The van der Waals surface area contributed by atoms with Crippen LogP contribution in [0.2, 0.25) is 0 Å². The van der Waals surface area contributed by atoms with Crippen LogP contribution in [0.3, 0.4) is 0 Å². The van der Waals surface area contributed by atoms with E-state index in [2.05, 4.69) is 32.9 Å². The molecule has 35 heavy (non-hydrogen) atoms. The van der Waals surface area contributed by atoms with Gasteiger partial charge in [0.15, 0.2) is 16.7 Å². The minimum atomic E-state index is -4.05. The monoisotopic (exact) mass is 732 g/mol. The van der Waals surface area contributed by atoms with Gasteiger partial charge in [-0.1, -0.05) is 29.8 Å². The highest BCUT2D eigenvalue weighted by molar-refractivity contribution is 14.1. The third-order valence-corrected chi connectivity index (χ3v) is 8.64. The molecule has 1 aliphatic rings. The average molecular weight is 732 g/mol. The second kappa shape index (κ2) is 10.9. The van der Waals surface area contributed by atoms with Gasteiger partial charge in [0.1, 0.15) is 4.90 Å². The van der Waals surface area contributed by atoms with Gasteiger partial charge in [0.2, 0.25) is 0 Å². The summed E-state index contributed by atoms with van der Waals surface area (Å²) in [5, 5.41) is 3.26. The molecule has 7 nitrogen and oxygen atoms in total. The smallest absolute Gasteiger partial charge is 0.339 e. The van der Waals surface area contributed by atoms with Crippen molar-refractivity contribution in [3.8, 4) is 11.5 Å². The molecule has 1 amide bonds. The standard InChI is InChI=1S/C24H18I2N2O5S2/c1-14-7-9-16(10-8-14)35(30,31)33-22-18(26)11-15(12-20(22)32-2)13-21-23(29)28-24(34-21)27-19-6-4-3-5-17(19)25/h3-13H,1-2H3,(H,27,28,29)/b21-13+. The van der Waals surface area contributed by atoms with Gasteiger partial charge in [0.25, 0.3) is 5.91 Å². The van der Waals surface area contributed by atoms with Gasteiger partial charge in [-0.3, -0.25) is 4.79 Å². The molecule has 0 aromatic heterocycles. The van der Waals surface area contributed by atoms with E-state index >= 15 is 0 Å². The summed E-state index contributed by atoms with van der Waals surface area (Å²) in [4.78, 5) is 17.5. The molecule has 0 bridgehead atoms. The number of para-hydroxylation sites is 1. The summed E-state index contributed by atoms with van der Waals surface area (Å²) < 4.78 is 37.9. The van der Waals surface area contributed by atoms with Crippen molar-refractivity contribution in [1.82, 2.24) is 5.32 Å². The van der Waals surface area contributed by atoms with Gasteiger partial charge in [-0.2, -0.15) is 8.42 Å². The first-order chi connectivity index (χ1) is 16.7. The van der Waals surface area contributed by atoms with Crippen molar-refractivity contribution in [3.05, 3.63) is 83.8 Å². The van der Waals surface area contributed by atoms with Crippen LogP contribution >= 0.6 is 56.9 Å². The van der Waals surface area contributed by atoms with Crippen LogP contribution in [0.25, 0.3) is 6.08 Å². The summed E-state index contributed by atoms with van der Waals surface area (Å²) in [6.07, 6.45) is 1.70. The molecule has 0 spiro atoms. The number of amides is 1. The van der Waals surface area contributed by atoms with Crippen molar-refractivity contribution < 1.29 is 22.1 Å². The van der Waals surface area contributed by atoms with E-state index in [9.17, 15) is 13.2 Å². The Bertz CT molecular complexity index is 1470. The normalized spacial score (nSPS) is 15.9. The van der Waals surface area contributed by atoms with Crippen molar-refractivity contribution in [2.75, 3.05) is 7.11 Å². The summed E-state index contributed by atoms with van der Waals surface area (Å²) in [5.41, 5.74) is 2.36. The topological polar surface area (TPSA) is 94.1 Å². The molecule has 1 aliphatic heterocycles. The number of halogens is 2. The first-order valence-electron chi connectivity index (χ1n) is 10.1. The van der Waals surface area contributed by atoms with E-state index in [-0.39, 0.29) is 22.3 Å². The highest BCUT2D eigenvalue weighted by Gasteiger charge is 2.25. The fourth-order valence-corrected chi connectivity index (χ4v) is 6.24. The summed E-state index contributed by atoms with van der Waals surface area (Å²) in [6, 6.07) is 17.4. The lowest BCUT2D eigenvalue weighted by Gasteiger charge is -2.13. The van der Waals surface area contributed by atoms with Gasteiger partial charge >= 0.3 is 10.1 Å². The molecule has 1 N–H and O–H groups in total. The number of hydrogen-bond donors (Lipinski definition) is 1. The lowest BCUT2D eigenvalue weighted by Crippen LogP contribution is -2.19. The molecule has 1 heterocycles. The van der Waals surface area contributed by atoms with E-state index in [4.69, 9.17) is 8.92 Å². The third-order valence-electron chi connectivity index (χ3n) is 4.78. The number of hydrogen-bond acceptors (Lipinski definition) is 7. The Morgan fingerprint density at radius 1 is 1.03 bits per heavy atom. The van der Waals surface area contributed by atoms with Crippen molar-refractivity contribution in [1.29, 1.82) is 0 Å². The number of nitrogens with zero attached hydrogens (tertiary/aromatic N) is 1. The van der Waals surface area contributed by atoms with Crippen molar-refractivity contribution in [2.45, 2.75) is 11.8 Å². The quantitative estimate of drug-likeness (QED) is 0.194.